The van der Waals surface area contributed by atoms with Crippen molar-refractivity contribution in [2.75, 3.05) is 18.0 Å². The lowest BCUT2D eigenvalue weighted by Gasteiger charge is -2.27. The first-order valence-electron chi connectivity index (χ1n) is 11.0. The van der Waals surface area contributed by atoms with Crippen LogP contribution >= 0.6 is 0 Å². The van der Waals surface area contributed by atoms with Gasteiger partial charge in [-0.3, -0.25) is 9.20 Å². The molecule has 31 heavy (non-hydrogen) atoms. The van der Waals surface area contributed by atoms with E-state index in [1.807, 2.05) is 38.4 Å². The van der Waals surface area contributed by atoms with Crippen LogP contribution in [0.4, 0.5) is 5.69 Å². The van der Waals surface area contributed by atoms with Crippen molar-refractivity contribution in [1.29, 1.82) is 0 Å². The van der Waals surface area contributed by atoms with Crippen LogP contribution < -0.4 is 10.5 Å². The molecule has 0 aromatic carbocycles. The minimum absolute atomic E-state index is 0.0997. The van der Waals surface area contributed by atoms with Gasteiger partial charge in [-0.25, -0.2) is 14.5 Å². The van der Waals surface area contributed by atoms with Crippen LogP contribution in [-0.4, -0.2) is 37.1 Å². The van der Waals surface area contributed by atoms with Crippen LogP contribution in [0.25, 0.3) is 22.7 Å². The van der Waals surface area contributed by atoms with Crippen molar-refractivity contribution in [2.45, 2.75) is 47.0 Å². The largest absolute Gasteiger partial charge is 0.370 e. The van der Waals surface area contributed by atoms with E-state index in [9.17, 15) is 4.79 Å². The Morgan fingerprint density at radius 2 is 1.90 bits per heavy atom. The molecule has 1 aliphatic carbocycles. The number of aryl methyl sites for hydroxylation is 2. The summed E-state index contributed by atoms with van der Waals surface area (Å²) in [7, 11) is 0. The van der Waals surface area contributed by atoms with Crippen LogP contribution in [-0.2, 0) is 0 Å². The van der Waals surface area contributed by atoms with Crippen molar-refractivity contribution < 1.29 is 0 Å². The highest BCUT2D eigenvalue weighted by molar-refractivity contribution is 5.62. The summed E-state index contributed by atoms with van der Waals surface area (Å²) >= 11 is 0. The van der Waals surface area contributed by atoms with E-state index in [2.05, 4.69) is 34.9 Å². The Labute approximate surface area is 181 Å². The molecule has 0 amide bonds. The summed E-state index contributed by atoms with van der Waals surface area (Å²) in [6, 6.07) is 7.52. The summed E-state index contributed by atoms with van der Waals surface area (Å²) in [5.74, 6) is 0. The summed E-state index contributed by atoms with van der Waals surface area (Å²) in [6.45, 7) is 10.5. The zero-order valence-electron chi connectivity index (χ0n) is 18.6. The van der Waals surface area contributed by atoms with Gasteiger partial charge < -0.3 is 4.90 Å². The van der Waals surface area contributed by atoms with Crippen molar-refractivity contribution in [1.82, 2.24) is 24.0 Å². The van der Waals surface area contributed by atoms with E-state index < -0.39 is 0 Å². The van der Waals surface area contributed by atoms with Crippen LogP contribution in [0.15, 0.2) is 41.5 Å². The molecule has 1 aliphatic rings. The van der Waals surface area contributed by atoms with Gasteiger partial charge in [-0.05, 0) is 62.3 Å². The predicted octanol–water partition coefficient (Wildman–Crippen LogP) is 4.04. The maximum atomic E-state index is 13.0. The second-order valence-corrected chi connectivity index (χ2v) is 9.19. The molecule has 4 aromatic heterocycles. The van der Waals surface area contributed by atoms with Gasteiger partial charge in [0.15, 0.2) is 5.65 Å². The number of fused-ring (bicyclic) bond motifs is 2. The number of aromatic nitrogens is 5. The zero-order chi connectivity index (χ0) is 21.8. The molecule has 7 heteroatoms. The molecule has 0 unspecified atom stereocenters. The van der Waals surface area contributed by atoms with Gasteiger partial charge in [0.25, 0.3) is 5.56 Å². The minimum Gasteiger partial charge on any atom is -0.370 e. The van der Waals surface area contributed by atoms with Gasteiger partial charge in [-0.15, -0.1) is 0 Å². The van der Waals surface area contributed by atoms with Gasteiger partial charge in [0.2, 0.25) is 0 Å². The van der Waals surface area contributed by atoms with Crippen molar-refractivity contribution in [3.8, 4) is 11.4 Å². The average molecular weight is 417 g/mol. The summed E-state index contributed by atoms with van der Waals surface area (Å²) in [5, 5.41) is 4.63. The molecule has 0 aliphatic heterocycles. The predicted molar refractivity (Wildman–Crippen MR) is 123 cm³/mol. The monoisotopic (exact) mass is 416 g/mol. The molecule has 0 radical (unpaired) electrons. The Bertz CT molecular complexity index is 1350. The lowest BCUT2D eigenvalue weighted by molar-refractivity contribution is 0.546. The smallest absolute Gasteiger partial charge is 0.258 e. The van der Waals surface area contributed by atoms with Crippen LogP contribution in [0.1, 0.15) is 44.4 Å². The summed E-state index contributed by atoms with van der Waals surface area (Å²) in [6.07, 6.45) is 7.44. The molecule has 7 nitrogen and oxygen atoms in total. The number of hydrogen-bond donors (Lipinski definition) is 0. The van der Waals surface area contributed by atoms with Crippen molar-refractivity contribution in [3.05, 3.63) is 58.3 Å². The molecule has 1 saturated carbocycles. The van der Waals surface area contributed by atoms with Gasteiger partial charge >= 0.3 is 0 Å². The molecule has 0 saturated heterocycles. The molecular weight excluding hydrogens is 388 g/mol. The van der Waals surface area contributed by atoms with Crippen molar-refractivity contribution in [2.24, 2.45) is 5.41 Å². The number of imidazole rings is 1. The Balaban J connectivity index is 1.56. The molecule has 160 valence electrons. The fourth-order valence-electron chi connectivity index (χ4n) is 4.18. The molecule has 5 rings (SSSR count). The second-order valence-electron chi connectivity index (χ2n) is 9.19. The molecule has 0 atom stereocenters. The summed E-state index contributed by atoms with van der Waals surface area (Å²) < 4.78 is 3.40. The average Bonchev–Trinajstić information content (AvgIpc) is 3.33. The molecule has 0 N–H and O–H groups in total. The molecule has 0 spiro atoms. The standard InChI is InChI=1S/C24H28N6O/c1-5-10-28(15-24(4)8-9-24)18-6-7-21-26-19(12-22(31)29(21)14-18)20-11-16(2)23-25-17(3)13-30(23)27-20/h6-7,11-14H,5,8-10,15H2,1-4H3. The van der Waals surface area contributed by atoms with E-state index in [1.165, 1.54) is 12.8 Å². The van der Waals surface area contributed by atoms with E-state index in [0.29, 0.717) is 22.5 Å². The van der Waals surface area contributed by atoms with Gasteiger partial charge in [-0.1, -0.05) is 13.8 Å². The third-order valence-electron chi connectivity index (χ3n) is 6.17. The van der Waals surface area contributed by atoms with Crippen molar-refractivity contribution >= 4 is 17.0 Å². The third kappa shape index (κ3) is 3.69. The lowest BCUT2D eigenvalue weighted by atomic mass is 10.1. The molecule has 4 heterocycles. The Kier molecular flexibility index (Phi) is 4.57. The van der Waals surface area contributed by atoms with Gasteiger partial charge in [0.1, 0.15) is 11.3 Å². The molecule has 0 bridgehead atoms. The maximum absolute atomic E-state index is 13.0. The number of nitrogens with zero attached hydrogens (tertiary/aromatic N) is 6. The van der Waals surface area contributed by atoms with Crippen molar-refractivity contribution in [3.63, 3.8) is 0 Å². The van der Waals surface area contributed by atoms with Crippen LogP contribution in [0.5, 0.6) is 0 Å². The van der Waals surface area contributed by atoms with E-state index in [4.69, 9.17) is 4.98 Å². The van der Waals surface area contributed by atoms with E-state index in [0.717, 1.165) is 42.1 Å². The van der Waals surface area contributed by atoms with Gasteiger partial charge in [0, 0.05) is 25.4 Å². The first kappa shape index (κ1) is 19.7. The van der Waals surface area contributed by atoms with Crippen LogP contribution in [0.3, 0.4) is 0 Å². The number of anilines is 1. The topological polar surface area (TPSA) is 67.8 Å². The van der Waals surface area contributed by atoms with Gasteiger partial charge in [-0.2, -0.15) is 5.10 Å². The summed E-state index contributed by atoms with van der Waals surface area (Å²) in [5.41, 5.74) is 5.98. The first-order chi connectivity index (χ1) is 14.8. The summed E-state index contributed by atoms with van der Waals surface area (Å²) in [4.78, 5) is 24.6. The second kappa shape index (κ2) is 7.18. The highest BCUT2D eigenvalue weighted by Gasteiger charge is 2.38. The number of rotatable bonds is 6. The highest BCUT2D eigenvalue weighted by atomic mass is 16.1. The van der Waals surface area contributed by atoms with E-state index in [-0.39, 0.29) is 5.56 Å². The Hall–Kier alpha value is -3.22. The molecule has 1 fully saturated rings. The van der Waals surface area contributed by atoms with Crippen LogP contribution in [0.2, 0.25) is 0 Å². The maximum Gasteiger partial charge on any atom is 0.258 e. The number of pyridine rings is 1. The van der Waals surface area contributed by atoms with Crippen LogP contribution in [0, 0.1) is 19.3 Å². The normalized spacial score (nSPS) is 15.0. The quantitative estimate of drug-likeness (QED) is 0.475. The minimum atomic E-state index is -0.0997. The fraction of sp³-hybridized carbons (Fsp3) is 0.417. The first-order valence-corrected chi connectivity index (χ1v) is 11.0. The fourth-order valence-corrected chi connectivity index (χ4v) is 4.18. The zero-order valence-corrected chi connectivity index (χ0v) is 18.6. The SMILES string of the molecule is CCCN(CC1(C)CC1)c1ccc2nc(-c3cc(C)c4nc(C)cn4n3)cc(=O)n2c1. The lowest BCUT2D eigenvalue weighted by Crippen LogP contribution is -2.30. The van der Waals surface area contributed by atoms with E-state index >= 15 is 0 Å². The van der Waals surface area contributed by atoms with E-state index in [1.54, 1.807) is 15.0 Å². The molecular formula is C24H28N6O. The molecule has 4 aromatic rings. The Morgan fingerprint density at radius 1 is 1.10 bits per heavy atom. The number of hydrogen-bond acceptors (Lipinski definition) is 5. The van der Waals surface area contributed by atoms with Gasteiger partial charge in [0.05, 0.1) is 23.3 Å². The highest BCUT2D eigenvalue weighted by Crippen LogP contribution is 2.46. The Morgan fingerprint density at radius 3 is 2.65 bits per heavy atom. The third-order valence-corrected chi connectivity index (χ3v) is 6.17.